The summed E-state index contributed by atoms with van der Waals surface area (Å²) in [6, 6.07) is 0.431. The van der Waals surface area contributed by atoms with E-state index in [1.54, 1.807) is 0 Å². The van der Waals surface area contributed by atoms with Crippen LogP contribution >= 0.6 is 0 Å². The number of carbonyl (C=O) groups is 1. The number of aliphatic hydroxyl groups is 1. The summed E-state index contributed by atoms with van der Waals surface area (Å²) in [6.45, 7) is 3.61. The average Bonchev–Trinajstić information content (AvgIpc) is 2.15. The molecule has 2 fully saturated rings. The van der Waals surface area contributed by atoms with Crippen LogP contribution < -0.4 is 5.32 Å². The summed E-state index contributed by atoms with van der Waals surface area (Å²) in [6.07, 6.45) is -0.889. The molecule has 1 unspecified atom stereocenters. The van der Waals surface area contributed by atoms with Gasteiger partial charge in [-0.1, -0.05) is 0 Å². The highest BCUT2D eigenvalue weighted by Crippen LogP contribution is 2.15. The van der Waals surface area contributed by atoms with E-state index in [2.05, 4.69) is 10.2 Å². The number of nitrogens with one attached hydrogen (secondary N) is 1. The van der Waals surface area contributed by atoms with Crippen LogP contribution in [0, 0.1) is 0 Å². The van der Waals surface area contributed by atoms with Gasteiger partial charge in [0, 0.05) is 38.8 Å². The van der Waals surface area contributed by atoms with E-state index in [1.165, 1.54) is 4.90 Å². The lowest BCUT2D eigenvalue weighted by molar-refractivity contribution is 0.00171. The zero-order valence-corrected chi connectivity index (χ0v) is 8.59. The van der Waals surface area contributed by atoms with E-state index < -0.39 is 6.09 Å². The van der Waals surface area contributed by atoms with Crippen LogP contribution in [0.5, 0.6) is 0 Å². The van der Waals surface area contributed by atoms with Crippen LogP contribution in [-0.4, -0.2) is 77.5 Å². The minimum atomic E-state index is -0.889. The van der Waals surface area contributed by atoms with Gasteiger partial charge >= 0.3 is 6.09 Å². The summed E-state index contributed by atoms with van der Waals surface area (Å²) in [5.41, 5.74) is 0. The SMILES string of the molecule is O=C(O)N1CCN(C2CNC2)C(CO)C1. The van der Waals surface area contributed by atoms with Gasteiger partial charge in [0.05, 0.1) is 12.6 Å². The van der Waals surface area contributed by atoms with Gasteiger partial charge in [-0.3, -0.25) is 4.90 Å². The number of aliphatic hydroxyl groups excluding tert-OH is 1. The van der Waals surface area contributed by atoms with E-state index in [0.29, 0.717) is 19.1 Å². The number of amides is 1. The largest absolute Gasteiger partial charge is 0.465 e. The molecule has 2 aliphatic rings. The summed E-state index contributed by atoms with van der Waals surface area (Å²) in [4.78, 5) is 14.4. The van der Waals surface area contributed by atoms with Crippen molar-refractivity contribution in [2.24, 2.45) is 0 Å². The molecule has 0 aromatic heterocycles. The van der Waals surface area contributed by atoms with Gasteiger partial charge in [-0.2, -0.15) is 0 Å². The number of hydrogen-bond acceptors (Lipinski definition) is 4. The van der Waals surface area contributed by atoms with E-state index >= 15 is 0 Å². The quantitative estimate of drug-likeness (QED) is 0.529. The molecule has 0 bridgehead atoms. The predicted molar refractivity (Wildman–Crippen MR) is 53.8 cm³/mol. The normalized spacial score (nSPS) is 28.9. The molecule has 6 nitrogen and oxygen atoms in total. The van der Waals surface area contributed by atoms with Crippen molar-refractivity contribution in [2.75, 3.05) is 39.3 Å². The van der Waals surface area contributed by atoms with Crippen molar-refractivity contribution in [3.05, 3.63) is 0 Å². The van der Waals surface area contributed by atoms with E-state index in [0.717, 1.165) is 19.6 Å². The van der Waals surface area contributed by atoms with Gasteiger partial charge in [0.2, 0.25) is 0 Å². The van der Waals surface area contributed by atoms with Crippen LogP contribution in [0.15, 0.2) is 0 Å². The van der Waals surface area contributed by atoms with Crippen LogP contribution in [0.2, 0.25) is 0 Å². The van der Waals surface area contributed by atoms with E-state index in [9.17, 15) is 9.90 Å². The monoisotopic (exact) mass is 215 g/mol. The molecule has 86 valence electrons. The smallest absolute Gasteiger partial charge is 0.407 e. The lowest BCUT2D eigenvalue weighted by Crippen LogP contribution is -2.66. The van der Waals surface area contributed by atoms with Crippen molar-refractivity contribution >= 4 is 6.09 Å². The predicted octanol–water partition coefficient (Wildman–Crippen LogP) is -1.39. The third-order valence-electron chi connectivity index (χ3n) is 3.24. The number of nitrogens with zero attached hydrogens (tertiary/aromatic N) is 2. The maximum absolute atomic E-state index is 10.8. The maximum Gasteiger partial charge on any atom is 0.407 e. The van der Waals surface area contributed by atoms with Crippen LogP contribution in [0.3, 0.4) is 0 Å². The second-order valence-electron chi connectivity index (χ2n) is 4.11. The Morgan fingerprint density at radius 2 is 2.13 bits per heavy atom. The lowest BCUT2D eigenvalue weighted by Gasteiger charge is -2.47. The Kier molecular flexibility index (Phi) is 3.08. The first-order valence-electron chi connectivity index (χ1n) is 5.27. The van der Waals surface area contributed by atoms with Crippen LogP contribution in [0.25, 0.3) is 0 Å². The Morgan fingerprint density at radius 3 is 2.60 bits per heavy atom. The molecule has 0 saturated carbocycles. The van der Waals surface area contributed by atoms with Gasteiger partial charge in [-0.15, -0.1) is 0 Å². The van der Waals surface area contributed by atoms with Crippen molar-refractivity contribution in [1.82, 2.24) is 15.1 Å². The Balaban J connectivity index is 1.94. The first-order chi connectivity index (χ1) is 7.22. The van der Waals surface area contributed by atoms with Gasteiger partial charge in [0.25, 0.3) is 0 Å². The highest BCUT2D eigenvalue weighted by molar-refractivity contribution is 5.65. The molecule has 0 spiro atoms. The third kappa shape index (κ3) is 2.06. The van der Waals surface area contributed by atoms with E-state index in [-0.39, 0.29) is 12.6 Å². The van der Waals surface area contributed by atoms with Gasteiger partial charge in [0.15, 0.2) is 0 Å². The summed E-state index contributed by atoms with van der Waals surface area (Å²) >= 11 is 0. The van der Waals surface area contributed by atoms with Crippen molar-refractivity contribution in [3.8, 4) is 0 Å². The zero-order valence-electron chi connectivity index (χ0n) is 8.59. The first kappa shape index (κ1) is 10.7. The molecule has 6 heteroatoms. The van der Waals surface area contributed by atoms with Crippen molar-refractivity contribution in [1.29, 1.82) is 0 Å². The molecule has 2 aliphatic heterocycles. The summed E-state index contributed by atoms with van der Waals surface area (Å²) in [5.74, 6) is 0. The summed E-state index contributed by atoms with van der Waals surface area (Å²) in [5, 5.41) is 21.3. The Hall–Kier alpha value is -0.850. The molecule has 0 aromatic carbocycles. The van der Waals surface area contributed by atoms with Gasteiger partial charge in [-0.05, 0) is 0 Å². The zero-order chi connectivity index (χ0) is 10.8. The van der Waals surface area contributed by atoms with E-state index in [1.807, 2.05) is 0 Å². The van der Waals surface area contributed by atoms with E-state index in [4.69, 9.17) is 5.11 Å². The van der Waals surface area contributed by atoms with Crippen LogP contribution in [0.1, 0.15) is 0 Å². The third-order valence-corrected chi connectivity index (χ3v) is 3.24. The molecular formula is C9H17N3O3. The fourth-order valence-electron chi connectivity index (χ4n) is 2.19. The van der Waals surface area contributed by atoms with Gasteiger partial charge in [0.1, 0.15) is 0 Å². The standard InChI is InChI=1S/C9H17N3O3/c13-6-8-5-11(9(14)15)1-2-12(8)7-3-10-4-7/h7-8,10,13H,1-6H2,(H,14,15). The van der Waals surface area contributed by atoms with Gasteiger partial charge in [-0.25, -0.2) is 4.79 Å². The molecule has 2 saturated heterocycles. The Morgan fingerprint density at radius 1 is 1.40 bits per heavy atom. The summed E-state index contributed by atoms with van der Waals surface area (Å²) < 4.78 is 0. The molecule has 2 rings (SSSR count). The topological polar surface area (TPSA) is 76.0 Å². The molecule has 0 aliphatic carbocycles. The molecule has 2 heterocycles. The molecular weight excluding hydrogens is 198 g/mol. The Labute approximate surface area is 88.5 Å². The molecule has 0 radical (unpaired) electrons. The molecule has 1 amide bonds. The van der Waals surface area contributed by atoms with Crippen LogP contribution in [-0.2, 0) is 0 Å². The van der Waals surface area contributed by atoms with Crippen molar-refractivity contribution in [2.45, 2.75) is 12.1 Å². The number of piperazine rings is 1. The minimum absolute atomic E-state index is 0.0281. The molecule has 1 atom stereocenters. The van der Waals surface area contributed by atoms with Crippen molar-refractivity contribution < 1.29 is 15.0 Å². The average molecular weight is 215 g/mol. The fraction of sp³-hybridized carbons (Fsp3) is 0.889. The fourth-order valence-corrected chi connectivity index (χ4v) is 2.19. The molecule has 15 heavy (non-hydrogen) atoms. The number of rotatable bonds is 2. The highest BCUT2D eigenvalue weighted by Gasteiger charge is 2.35. The van der Waals surface area contributed by atoms with Crippen LogP contribution in [0.4, 0.5) is 4.79 Å². The second-order valence-corrected chi connectivity index (χ2v) is 4.11. The minimum Gasteiger partial charge on any atom is -0.465 e. The molecule has 0 aromatic rings. The number of carboxylic acid groups (broad SMARTS) is 1. The lowest BCUT2D eigenvalue weighted by atomic mass is 10.1. The maximum atomic E-state index is 10.8. The Bertz CT molecular complexity index is 245. The summed E-state index contributed by atoms with van der Waals surface area (Å²) in [7, 11) is 0. The highest BCUT2D eigenvalue weighted by atomic mass is 16.4. The first-order valence-corrected chi connectivity index (χ1v) is 5.27. The van der Waals surface area contributed by atoms with Crippen molar-refractivity contribution in [3.63, 3.8) is 0 Å². The molecule has 3 N–H and O–H groups in total. The van der Waals surface area contributed by atoms with Gasteiger partial charge < -0.3 is 20.4 Å². The second kappa shape index (κ2) is 4.34. The number of hydrogen-bond donors (Lipinski definition) is 3.